The molecule has 0 unspecified atom stereocenters. The summed E-state index contributed by atoms with van der Waals surface area (Å²) in [6.45, 7) is 7.62. The minimum Gasteiger partial charge on any atom is -0.481 e. The van der Waals surface area contributed by atoms with E-state index in [2.05, 4.69) is 73.8 Å². The van der Waals surface area contributed by atoms with Gasteiger partial charge in [0.2, 0.25) is 5.88 Å². The molecule has 4 heterocycles. The number of nitrogens with one attached hydrogen (secondary N) is 2. The Morgan fingerprint density at radius 3 is 2.50 bits per heavy atom. The van der Waals surface area contributed by atoms with Gasteiger partial charge >= 0.3 is 0 Å². The minimum absolute atomic E-state index is 0.389. The Morgan fingerprint density at radius 2 is 1.86 bits per heavy atom. The summed E-state index contributed by atoms with van der Waals surface area (Å²) in [7, 11) is 3.44. The highest BCUT2D eigenvalue weighted by Gasteiger charge is 2.27. The number of aromatic amines is 2. The average Bonchev–Trinajstić information content (AvgIpc) is 3.54. The quantitative estimate of drug-likeness (QED) is 0.286. The van der Waals surface area contributed by atoms with Crippen LogP contribution < -0.4 is 4.74 Å². The van der Waals surface area contributed by atoms with Crippen molar-refractivity contribution >= 4 is 18.4 Å². The molecule has 2 N–H and O–H groups in total. The van der Waals surface area contributed by atoms with Crippen LogP contribution in [0.4, 0.5) is 5.82 Å². The van der Waals surface area contributed by atoms with E-state index in [-0.39, 0.29) is 0 Å². The van der Waals surface area contributed by atoms with Gasteiger partial charge in [-0.05, 0) is 44.2 Å². The first-order valence-corrected chi connectivity index (χ1v) is 12.2. The lowest BCUT2D eigenvalue weighted by atomic mass is 9.95. The van der Waals surface area contributed by atoms with Gasteiger partial charge < -0.3 is 19.6 Å². The van der Waals surface area contributed by atoms with Crippen LogP contribution in [0.2, 0.25) is 0 Å². The molecule has 0 atom stereocenters. The van der Waals surface area contributed by atoms with Crippen molar-refractivity contribution in [3.05, 3.63) is 71.8 Å². The maximum atomic E-state index is 5.18. The molecule has 8 heteroatoms. The zero-order valence-electron chi connectivity index (χ0n) is 21.0. The van der Waals surface area contributed by atoms with Gasteiger partial charge in [-0.2, -0.15) is 0 Å². The fraction of sp³-hybridized carbons (Fsp3) is 0.286. The molecule has 4 aromatic rings. The summed E-state index contributed by atoms with van der Waals surface area (Å²) in [5.41, 5.74) is 6.13. The third kappa shape index (κ3) is 4.54. The van der Waals surface area contributed by atoms with E-state index in [0.717, 1.165) is 65.8 Å². The highest BCUT2D eigenvalue weighted by atomic mass is 16.5. The van der Waals surface area contributed by atoms with Crippen molar-refractivity contribution in [2.45, 2.75) is 25.7 Å². The van der Waals surface area contributed by atoms with Crippen LogP contribution in [-0.2, 0) is 0 Å². The number of nitrogens with zero attached hydrogens (tertiary/aromatic N) is 5. The largest absolute Gasteiger partial charge is 0.481 e. The lowest BCUT2D eigenvalue weighted by Gasteiger charge is -2.33. The number of rotatable bonds is 6. The Kier molecular flexibility index (Phi) is 6.66. The molecular formula is C28H31N7O. The van der Waals surface area contributed by atoms with E-state index in [9.17, 15) is 0 Å². The monoisotopic (exact) mass is 481 g/mol. The summed E-state index contributed by atoms with van der Waals surface area (Å²) in [6.07, 6.45) is 3.78. The molecule has 3 aromatic heterocycles. The van der Waals surface area contributed by atoms with E-state index in [1.165, 1.54) is 5.56 Å². The number of ether oxygens (including phenoxy) is 1. The number of likely N-dealkylation sites (tertiary alicyclic amines) is 1. The van der Waals surface area contributed by atoms with Crippen LogP contribution in [0.1, 0.15) is 35.8 Å². The van der Waals surface area contributed by atoms with Crippen molar-refractivity contribution in [3.63, 3.8) is 0 Å². The molecule has 5 rings (SSSR count). The molecule has 1 aliphatic heterocycles. The number of aliphatic imine (C=N–C) groups is 2. The van der Waals surface area contributed by atoms with Crippen LogP contribution >= 0.6 is 0 Å². The smallest absolute Gasteiger partial charge is 0.212 e. The van der Waals surface area contributed by atoms with E-state index >= 15 is 0 Å². The molecule has 8 nitrogen and oxygen atoms in total. The summed E-state index contributed by atoms with van der Waals surface area (Å²) in [5.74, 6) is 3.66. The van der Waals surface area contributed by atoms with Gasteiger partial charge in [0.15, 0.2) is 0 Å². The van der Waals surface area contributed by atoms with Crippen molar-refractivity contribution in [1.29, 1.82) is 0 Å². The van der Waals surface area contributed by atoms with Gasteiger partial charge in [-0.1, -0.05) is 30.3 Å². The summed E-state index contributed by atoms with van der Waals surface area (Å²) in [4.78, 5) is 27.4. The van der Waals surface area contributed by atoms with Crippen LogP contribution in [0.15, 0.2) is 64.7 Å². The van der Waals surface area contributed by atoms with Crippen LogP contribution in [0.5, 0.6) is 5.88 Å². The summed E-state index contributed by atoms with van der Waals surface area (Å²) >= 11 is 0. The normalized spacial score (nSPS) is 14.8. The van der Waals surface area contributed by atoms with E-state index in [1.807, 2.05) is 25.2 Å². The van der Waals surface area contributed by atoms with Crippen LogP contribution in [-0.4, -0.2) is 64.6 Å². The molecular weight excluding hydrogens is 450 g/mol. The number of benzene rings is 1. The third-order valence-electron chi connectivity index (χ3n) is 6.81. The van der Waals surface area contributed by atoms with Gasteiger partial charge in [-0.25, -0.2) is 15.0 Å². The van der Waals surface area contributed by atoms with Crippen LogP contribution in [0.25, 0.3) is 22.5 Å². The van der Waals surface area contributed by atoms with Gasteiger partial charge in [0.05, 0.1) is 24.1 Å². The lowest BCUT2D eigenvalue weighted by molar-refractivity contribution is 0.308. The van der Waals surface area contributed by atoms with E-state index in [1.54, 1.807) is 13.3 Å². The fourth-order valence-electron chi connectivity index (χ4n) is 4.91. The maximum Gasteiger partial charge on any atom is 0.212 e. The van der Waals surface area contributed by atoms with Gasteiger partial charge in [0, 0.05) is 49.6 Å². The van der Waals surface area contributed by atoms with Crippen LogP contribution in [0, 0.1) is 6.92 Å². The maximum absolute atomic E-state index is 5.18. The first-order valence-electron chi connectivity index (χ1n) is 12.2. The number of aromatic nitrogens is 4. The second kappa shape index (κ2) is 10.2. The number of imidazole rings is 1. The Hall–Kier alpha value is -4.20. The number of pyridine rings is 1. The topological polar surface area (TPSA) is 94.5 Å². The first kappa shape index (κ1) is 23.5. The van der Waals surface area contributed by atoms with E-state index < -0.39 is 0 Å². The molecule has 1 saturated heterocycles. The number of hydrogen-bond acceptors (Lipinski definition) is 5. The molecule has 36 heavy (non-hydrogen) atoms. The number of methoxy groups -OCH3 is 1. The SMILES string of the molecule is C=Nc1[nH]c(-c2ccc(OC)nc2)cc1/C(=N\C)N1CCC(c2nc(C)c(-c3ccccc3)[nH]2)CC1. The summed E-state index contributed by atoms with van der Waals surface area (Å²) in [6, 6.07) is 16.3. The molecule has 1 aromatic carbocycles. The zero-order chi connectivity index (χ0) is 25.1. The standard InChI is InChI=1S/C28H31N7O/c1-18-25(19-8-6-5-7-9-19)34-26(32-18)20-12-14-35(15-13-20)28(30-3)22-16-23(33-27(22)29-2)21-10-11-24(36-4)31-17-21/h5-11,16-17,20,33H,2,12-15H2,1,3-4H3,(H,32,34)/b30-28+. The fourth-order valence-corrected chi connectivity index (χ4v) is 4.91. The Balaban J connectivity index is 1.32. The Morgan fingerprint density at radius 1 is 1.08 bits per heavy atom. The Bertz CT molecular complexity index is 1360. The van der Waals surface area contributed by atoms with Gasteiger partial charge in [0.25, 0.3) is 0 Å². The van der Waals surface area contributed by atoms with Crippen molar-refractivity contribution in [1.82, 2.24) is 24.8 Å². The second-order valence-electron chi connectivity index (χ2n) is 8.95. The van der Waals surface area contributed by atoms with Crippen molar-refractivity contribution < 1.29 is 4.74 Å². The van der Waals surface area contributed by atoms with Gasteiger partial charge in [-0.3, -0.25) is 4.99 Å². The van der Waals surface area contributed by atoms with Crippen molar-refractivity contribution in [2.24, 2.45) is 9.98 Å². The number of aryl methyl sites for hydroxylation is 1. The van der Waals surface area contributed by atoms with Crippen molar-refractivity contribution in [3.8, 4) is 28.4 Å². The van der Waals surface area contributed by atoms with Gasteiger partial charge in [-0.15, -0.1) is 0 Å². The molecule has 0 bridgehead atoms. The zero-order valence-corrected chi connectivity index (χ0v) is 21.0. The van der Waals surface area contributed by atoms with E-state index in [0.29, 0.717) is 17.6 Å². The molecule has 0 radical (unpaired) electrons. The number of amidine groups is 1. The summed E-state index contributed by atoms with van der Waals surface area (Å²) < 4.78 is 5.18. The minimum atomic E-state index is 0.389. The van der Waals surface area contributed by atoms with Gasteiger partial charge in [0.1, 0.15) is 17.5 Å². The predicted molar refractivity (Wildman–Crippen MR) is 145 cm³/mol. The molecule has 0 saturated carbocycles. The summed E-state index contributed by atoms with van der Waals surface area (Å²) in [5, 5.41) is 0. The number of piperidine rings is 1. The highest BCUT2D eigenvalue weighted by molar-refractivity contribution is 6.04. The second-order valence-corrected chi connectivity index (χ2v) is 8.95. The van der Waals surface area contributed by atoms with E-state index in [4.69, 9.17) is 9.72 Å². The van der Waals surface area contributed by atoms with Crippen molar-refractivity contribution in [2.75, 3.05) is 27.2 Å². The molecule has 1 fully saturated rings. The highest BCUT2D eigenvalue weighted by Crippen LogP contribution is 2.33. The third-order valence-corrected chi connectivity index (χ3v) is 6.81. The first-order chi connectivity index (χ1) is 17.6. The molecule has 1 aliphatic rings. The predicted octanol–water partition coefficient (Wildman–Crippen LogP) is 5.37. The number of hydrogen-bond donors (Lipinski definition) is 2. The molecule has 0 spiro atoms. The number of H-pyrrole nitrogens is 2. The lowest BCUT2D eigenvalue weighted by Crippen LogP contribution is -2.38. The average molecular weight is 482 g/mol. The molecule has 0 aliphatic carbocycles. The molecule has 184 valence electrons. The molecule has 0 amide bonds. The van der Waals surface area contributed by atoms with Crippen LogP contribution in [0.3, 0.4) is 0 Å². The Labute approximate surface area is 211 Å².